The highest BCUT2D eigenvalue weighted by Crippen LogP contribution is 2.34. The Morgan fingerprint density at radius 3 is 2.59 bits per heavy atom. The van der Waals surface area contributed by atoms with Crippen molar-refractivity contribution in [3.8, 4) is 33.2 Å². The third kappa shape index (κ3) is 4.60. The van der Waals surface area contributed by atoms with Crippen LogP contribution in [0.3, 0.4) is 0 Å². The van der Waals surface area contributed by atoms with E-state index in [1.54, 1.807) is 11.3 Å². The number of nitrogens with one attached hydrogen (secondary N) is 3. The summed E-state index contributed by atoms with van der Waals surface area (Å²) in [6, 6.07) is 25.1. The van der Waals surface area contributed by atoms with E-state index in [9.17, 15) is 0 Å². The van der Waals surface area contributed by atoms with Crippen LogP contribution in [0.15, 0.2) is 91.4 Å². The van der Waals surface area contributed by atoms with Crippen molar-refractivity contribution in [2.24, 2.45) is 0 Å². The van der Waals surface area contributed by atoms with E-state index in [0.29, 0.717) is 5.82 Å². The molecule has 8 heteroatoms. The number of nitrogens with zero attached hydrogens (tertiary/aromatic N) is 4. The molecule has 0 saturated heterocycles. The predicted molar refractivity (Wildman–Crippen MR) is 157 cm³/mol. The molecule has 7 rings (SSSR count). The maximum absolute atomic E-state index is 4.95. The number of imidazole rings is 1. The lowest BCUT2D eigenvalue weighted by atomic mass is 10.0. The third-order valence-corrected chi connectivity index (χ3v) is 7.80. The molecule has 0 radical (unpaired) electrons. The van der Waals surface area contributed by atoms with Crippen molar-refractivity contribution in [3.63, 3.8) is 0 Å². The molecule has 0 spiro atoms. The number of rotatable bonds is 7. The van der Waals surface area contributed by atoms with E-state index >= 15 is 0 Å². The van der Waals surface area contributed by atoms with Crippen molar-refractivity contribution in [1.29, 1.82) is 0 Å². The predicted octanol–water partition coefficient (Wildman–Crippen LogP) is 6.89. The second-order valence-electron chi connectivity index (χ2n) is 9.56. The van der Waals surface area contributed by atoms with Crippen LogP contribution < -0.4 is 5.32 Å². The Morgan fingerprint density at radius 1 is 0.821 bits per heavy atom. The molecule has 0 aliphatic carbocycles. The number of aromatic nitrogens is 6. The summed E-state index contributed by atoms with van der Waals surface area (Å²) >= 11 is 1.72. The summed E-state index contributed by atoms with van der Waals surface area (Å²) in [6.45, 7) is 3.66. The number of aryl methyl sites for hydroxylation is 1. The largest absolute Gasteiger partial charge is 0.336 e. The molecule has 7 nitrogen and oxygen atoms in total. The van der Waals surface area contributed by atoms with E-state index in [-0.39, 0.29) is 0 Å². The van der Waals surface area contributed by atoms with Crippen molar-refractivity contribution < 1.29 is 0 Å². The molecule has 5 heterocycles. The van der Waals surface area contributed by atoms with E-state index in [1.165, 1.54) is 10.4 Å². The molecule has 0 amide bonds. The Balaban J connectivity index is 1.20. The van der Waals surface area contributed by atoms with E-state index in [1.807, 2.05) is 30.7 Å². The molecule has 0 fully saturated rings. The number of thiophene rings is 1. The molecule has 5 aromatic heterocycles. The summed E-state index contributed by atoms with van der Waals surface area (Å²) in [5, 5.41) is 12.3. The van der Waals surface area contributed by atoms with Crippen LogP contribution >= 0.6 is 11.3 Å². The first-order valence-electron chi connectivity index (χ1n) is 12.8. The van der Waals surface area contributed by atoms with Crippen molar-refractivity contribution in [3.05, 3.63) is 107 Å². The number of fused-ring (bicyclic) bond motifs is 2. The lowest BCUT2D eigenvalue weighted by Gasteiger charge is -2.07. The maximum Gasteiger partial charge on any atom is 0.159 e. The monoisotopic (exact) mass is 527 g/mol. The Labute approximate surface area is 229 Å². The van der Waals surface area contributed by atoms with Crippen LogP contribution in [0.25, 0.3) is 55.2 Å². The molecular formula is C31H25N7S. The van der Waals surface area contributed by atoms with Crippen LogP contribution in [-0.2, 0) is 13.1 Å². The first-order chi connectivity index (χ1) is 19.2. The minimum atomic E-state index is 0.716. The zero-order valence-electron chi connectivity index (χ0n) is 21.3. The van der Waals surface area contributed by atoms with Crippen molar-refractivity contribution in [2.45, 2.75) is 20.0 Å². The molecule has 0 unspecified atom stereocenters. The zero-order chi connectivity index (χ0) is 26.2. The third-order valence-electron chi connectivity index (χ3n) is 6.79. The van der Waals surface area contributed by atoms with Gasteiger partial charge in [0.1, 0.15) is 16.9 Å². The normalized spacial score (nSPS) is 11.5. The number of aromatic amines is 2. The van der Waals surface area contributed by atoms with Gasteiger partial charge in [-0.25, -0.2) is 4.98 Å². The Hall–Kier alpha value is -4.66. The van der Waals surface area contributed by atoms with Gasteiger partial charge in [-0.3, -0.25) is 15.1 Å². The summed E-state index contributed by atoms with van der Waals surface area (Å²) < 4.78 is 0. The molecule has 2 aromatic carbocycles. The molecule has 0 saturated carbocycles. The van der Waals surface area contributed by atoms with Crippen LogP contribution in [0.1, 0.15) is 16.0 Å². The van der Waals surface area contributed by atoms with Crippen LogP contribution in [0, 0.1) is 6.92 Å². The maximum atomic E-state index is 4.95. The lowest BCUT2D eigenvalue weighted by molar-refractivity contribution is 0.691. The molecule has 7 aromatic rings. The summed E-state index contributed by atoms with van der Waals surface area (Å²) in [4.78, 5) is 19.9. The van der Waals surface area contributed by atoms with Crippen molar-refractivity contribution >= 4 is 33.3 Å². The number of hydrogen-bond donors (Lipinski definition) is 3. The van der Waals surface area contributed by atoms with Gasteiger partial charge in [-0.2, -0.15) is 5.10 Å². The van der Waals surface area contributed by atoms with E-state index in [4.69, 9.17) is 4.98 Å². The molecular weight excluding hydrogens is 502 g/mol. The minimum absolute atomic E-state index is 0.716. The van der Waals surface area contributed by atoms with Gasteiger partial charge in [-0.15, -0.1) is 11.3 Å². The van der Waals surface area contributed by atoms with Crippen LogP contribution in [0.5, 0.6) is 0 Å². The standard InChI is InChI=1S/C31H25N7S/c1-19-7-10-27(39-19)30-29-26(11-12-34-30)35-31(36-29)28-24-14-22(8-9-25(24)37-38-28)23-13-21(17-33-18-23)16-32-15-20-5-3-2-4-6-20/h2-14,17-18,32H,15-16H2,1H3,(H,35,36)(H,37,38). The van der Waals surface area contributed by atoms with Gasteiger partial charge in [0.05, 0.1) is 15.9 Å². The fraction of sp³-hybridized carbons (Fsp3) is 0.0968. The summed E-state index contributed by atoms with van der Waals surface area (Å²) in [5.74, 6) is 0.716. The summed E-state index contributed by atoms with van der Waals surface area (Å²) in [6.07, 6.45) is 5.65. The number of benzene rings is 2. The van der Waals surface area contributed by atoms with Gasteiger partial charge >= 0.3 is 0 Å². The van der Waals surface area contributed by atoms with Gasteiger partial charge in [-0.05, 0) is 60.0 Å². The average Bonchev–Trinajstić information content (AvgIpc) is 3.71. The fourth-order valence-corrected chi connectivity index (χ4v) is 5.72. The average molecular weight is 528 g/mol. The minimum Gasteiger partial charge on any atom is -0.336 e. The topological polar surface area (TPSA) is 95.2 Å². The number of pyridine rings is 2. The first-order valence-corrected chi connectivity index (χ1v) is 13.6. The van der Waals surface area contributed by atoms with Crippen molar-refractivity contribution in [1.82, 2.24) is 35.5 Å². The Morgan fingerprint density at radius 2 is 1.72 bits per heavy atom. The highest BCUT2D eigenvalue weighted by Gasteiger charge is 2.17. The SMILES string of the molecule is Cc1ccc(-c2nccc3[nH]c(-c4n[nH]c5ccc(-c6cncc(CNCc7ccccc7)c6)cc45)nc23)s1. The molecule has 190 valence electrons. The summed E-state index contributed by atoms with van der Waals surface area (Å²) in [5.41, 5.74) is 8.95. The van der Waals surface area contributed by atoms with Crippen LogP contribution in [-0.4, -0.2) is 30.1 Å². The molecule has 0 aliphatic rings. The van der Waals surface area contributed by atoms with Gasteiger partial charge in [-0.1, -0.05) is 36.4 Å². The zero-order valence-corrected chi connectivity index (χ0v) is 22.1. The van der Waals surface area contributed by atoms with Gasteiger partial charge in [0.15, 0.2) is 5.82 Å². The lowest BCUT2D eigenvalue weighted by Crippen LogP contribution is -2.12. The smallest absolute Gasteiger partial charge is 0.159 e. The highest BCUT2D eigenvalue weighted by atomic mass is 32.1. The van der Waals surface area contributed by atoms with Gasteiger partial charge in [0, 0.05) is 47.5 Å². The number of H-pyrrole nitrogens is 2. The Bertz CT molecular complexity index is 1920. The van der Waals surface area contributed by atoms with Crippen LogP contribution in [0.4, 0.5) is 0 Å². The molecule has 0 atom stereocenters. The van der Waals surface area contributed by atoms with E-state index in [0.717, 1.165) is 68.0 Å². The van der Waals surface area contributed by atoms with Crippen molar-refractivity contribution in [2.75, 3.05) is 0 Å². The highest BCUT2D eigenvalue weighted by molar-refractivity contribution is 7.15. The van der Waals surface area contributed by atoms with Gasteiger partial charge in [0.25, 0.3) is 0 Å². The summed E-state index contributed by atoms with van der Waals surface area (Å²) in [7, 11) is 0. The Kier molecular flexibility index (Phi) is 5.96. The van der Waals surface area contributed by atoms with E-state index in [2.05, 4.69) is 98.1 Å². The molecule has 3 N–H and O–H groups in total. The quantitative estimate of drug-likeness (QED) is 0.210. The first kappa shape index (κ1) is 23.5. The fourth-order valence-electron chi connectivity index (χ4n) is 4.85. The number of hydrogen-bond acceptors (Lipinski definition) is 6. The molecule has 0 bridgehead atoms. The van der Waals surface area contributed by atoms with Crippen LogP contribution in [0.2, 0.25) is 0 Å². The second kappa shape index (κ2) is 9.90. The molecule has 0 aliphatic heterocycles. The second-order valence-corrected chi connectivity index (χ2v) is 10.8. The van der Waals surface area contributed by atoms with Gasteiger partial charge < -0.3 is 10.3 Å². The van der Waals surface area contributed by atoms with E-state index < -0.39 is 0 Å². The molecule has 39 heavy (non-hydrogen) atoms. The van der Waals surface area contributed by atoms with Gasteiger partial charge in [0.2, 0.25) is 0 Å².